The van der Waals surface area contributed by atoms with Crippen LogP contribution in [0.5, 0.6) is 5.75 Å². The molecule has 0 radical (unpaired) electrons. The number of benzene rings is 1. The SMILES string of the molecule is CCn1cc(C(=O)NCCCOC(C)C)c(=O)c2cc(OC)ccc21. The summed E-state index contributed by atoms with van der Waals surface area (Å²) in [6, 6.07) is 5.32. The average Bonchev–Trinajstić information content (AvgIpc) is 2.61. The molecule has 0 saturated heterocycles. The van der Waals surface area contributed by atoms with Crippen molar-refractivity contribution in [3.8, 4) is 5.75 Å². The maximum atomic E-state index is 12.7. The second-order valence-electron chi connectivity index (χ2n) is 6.07. The van der Waals surface area contributed by atoms with Gasteiger partial charge in [0.05, 0.1) is 24.1 Å². The maximum absolute atomic E-state index is 12.7. The van der Waals surface area contributed by atoms with Crippen LogP contribution in [0, 0.1) is 0 Å². The minimum absolute atomic E-state index is 0.146. The van der Waals surface area contributed by atoms with Gasteiger partial charge in [-0.3, -0.25) is 9.59 Å². The standard InChI is InChI=1S/C19H26N2O4/c1-5-21-12-16(19(23)20-9-6-10-25-13(2)3)18(22)15-11-14(24-4)7-8-17(15)21/h7-8,11-13H,5-6,9-10H2,1-4H3,(H,20,23). The van der Waals surface area contributed by atoms with Crippen LogP contribution in [0.4, 0.5) is 0 Å². The van der Waals surface area contributed by atoms with Crippen LogP contribution in [0.15, 0.2) is 29.2 Å². The highest BCUT2D eigenvalue weighted by Crippen LogP contribution is 2.19. The molecule has 136 valence electrons. The van der Waals surface area contributed by atoms with Crippen molar-refractivity contribution in [2.24, 2.45) is 0 Å². The summed E-state index contributed by atoms with van der Waals surface area (Å²) in [4.78, 5) is 25.2. The summed E-state index contributed by atoms with van der Waals surface area (Å²) in [5.74, 6) is 0.233. The Morgan fingerprint density at radius 2 is 2.08 bits per heavy atom. The maximum Gasteiger partial charge on any atom is 0.256 e. The summed E-state index contributed by atoms with van der Waals surface area (Å²) < 4.78 is 12.5. The zero-order chi connectivity index (χ0) is 18.4. The van der Waals surface area contributed by atoms with Gasteiger partial charge in [0.2, 0.25) is 5.43 Å². The Morgan fingerprint density at radius 1 is 1.32 bits per heavy atom. The number of pyridine rings is 1. The first kappa shape index (κ1) is 19.0. The Labute approximate surface area is 147 Å². The van der Waals surface area contributed by atoms with Gasteiger partial charge in [0, 0.05) is 25.9 Å². The second kappa shape index (κ2) is 8.67. The van der Waals surface area contributed by atoms with Crippen LogP contribution in [-0.4, -0.2) is 36.8 Å². The molecular weight excluding hydrogens is 320 g/mol. The lowest BCUT2D eigenvalue weighted by atomic mass is 10.1. The first-order valence-corrected chi connectivity index (χ1v) is 8.59. The molecule has 6 heteroatoms. The van der Waals surface area contributed by atoms with Crippen molar-refractivity contribution in [1.82, 2.24) is 9.88 Å². The molecule has 0 aliphatic carbocycles. The lowest BCUT2D eigenvalue weighted by Crippen LogP contribution is -2.31. The van der Waals surface area contributed by atoms with Gasteiger partial charge in [0.25, 0.3) is 5.91 Å². The molecule has 1 amide bonds. The average molecular weight is 346 g/mol. The molecule has 1 aromatic heterocycles. The third-order valence-corrected chi connectivity index (χ3v) is 3.93. The summed E-state index contributed by atoms with van der Waals surface area (Å²) in [5, 5.41) is 3.28. The molecule has 1 N–H and O–H groups in total. The number of nitrogens with zero attached hydrogens (tertiary/aromatic N) is 1. The van der Waals surface area contributed by atoms with Gasteiger partial charge in [-0.25, -0.2) is 0 Å². The molecule has 0 aliphatic heterocycles. The third kappa shape index (κ3) is 4.60. The monoisotopic (exact) mass is 346 g/mol. The van der Waals surface area contributed by atoms with Crippen LogP contribution in [0.2, 0.25) is 0 Å². The van der Waals surface area contributed by atoms with E-state index < -0.39 is 0 Å². The van der Waals surface area contributed by atoms with E-state index in [-0.39, 0.29) is 23.0 Å². The summed E-state index contributed by atoms with van der Waals surface area (Å²) in [6.45, 7) is 7.61. The van der Waals surface area contributed by atoms with E-state index in [0.29, 0.717) is 37.3 Å². The lowest BCUT2D eigenvalue weighted by Gasteiger charge is -2.13. The number of carbonyl (C=O) groups excluding carboxylic acids is 1. The zero-order valence-electron chi connectivity index (χ0n) is 15.3. The number of fused-ring (bicyclic) bond motifs is 1. The molecule has 0 spiro atoms. The summed E-state index contributed by atoms with van der Waals surface area (Å²) >= 11 is 0. The molecule has 2 aromatic rings. The molecule has 0 bridgehead atoms. The molecule has 0 saturated carbocycles. The Kier molecular flexibility index (Phi) is 6.58. The van der Waals surface area contributed by atoms with Gasteiger partial charge in [-0.15, -0.1) is 0 Å². The van der Waals surface area contributed by atoms with Crippen LogP contribution < -0.4 is 15.5 Å². The number of amides is 1. The highest BCUT2D eigenvalue weighted by molar-refractivity contribution is 5.97. The first-order valence-electron chi connectivity index (χ1n) is 8.59. The Hall–Kier alpha value is -2.34. The van der Waals surface area contributed by atoms with E-state index in [2.05, 4.69) is 5.32 Å². The van der Waals surface area contributed by atoms with E-state index >= 15 is 0 Å². The smallest absolute Gasteiger partial charge is 0.256 e. The van der Waals surface area contributed by atoms with Crippen LogP contribution in [0.1, 0.15) is 37.6 Å². The molecule has 0 aliphatic rings. The minimum atomic E-state index is -0.360. The van der Waals surface area contributed by atoms with Crippen molar-refractivity contribution < 1.29 is 14.3 Å². The molecule has 25 heavy (non-hydrogen) atoms. The van der Waals surface area contributed by atoms with Crippen molar-refractivity contribution in [3.63, 3.8) is 0 Å². The van der Waals surface area contributed by atoms with E-state index in [1.54, 1.807) is 19.4 Å². The number of carbonyl (C=O) groups is 1. The highest BCUT2D eigenvalue weighted by Gasteiger charge is 2.15. The molecule has 0 fully saturated rings. The van der Waals surface area contributed by atoms with Crippen LogP contribution >= 0.6 is 0 Å². The molecule has 6 nitrogen and oxygen atoms in total. The minimum Gasteiger partial charge on any atom is -0.497 e. The Balaban J connectivity index is 2.23. The number of hydrogen-bond donors (Lipinski definition) is 1. The number of nitrogens with one attached hydrogen (secondary N) is 1. The van der Waals surface area contributed by atoms with Crippen molar-refractivity contribution in [1.29, 1.82) is 0 Å². The summed E-state index contributed by atoms with van der Waals surface area (Å²) in [7, 11) is 1.55. The van der Waals surface area contributed by atoms with E-state index in [4.69, 9.17) is 9.47 Å². The Bertz CT molecular complexity index is 796. The number of hydrogen-bond acceptors (Lipinski definition) is 4. The number of aromatic nitrogens is 1. The first-order chi connectivity index (χ1) is 12.0. The van der Waals surface area contributed by atoms with Gasteiger partial charge in [-0.2, -0.15) is 0 Å². The van der Waals surface area contributed by atoms with E-state index in [1.807, 2.05) is 37.5 Å². The third-order valence-electron chi connectivity index (χ3n) is 3.93. The van der Waals surface area contributed by atoms with E-state index in [1.165, 1.54) is 0 Å². The van der Waals surface area contributed by atoms with Crippen LogP contribution in [0.3, 0.4) is 0 Å². The fourth-order valence-corrected chi connectivity index (χ4v) is 2.62. The molecule has 0 unspecified atom stereocenters. The predicted octanol–water partition coefficient (Wildman–Crippen LogP) is 2.57. The zero-order valence-corrected chi connectivity index (χ0v) is 15.3. The lowest BCUT2D eigenvalue weighted by molar-refractivity contribution is 0.0757. The van der Waals surface area contributed by atoms with Gasteiger partial charge in [-0.1, -0.05) is 0 Å². The van der Waals surface area contributed by atoms with Gasteiger partial charge in [-0.05, 0) is 45.4 Å². The van der Waals surface area contributed by atoms with Gasteiger partial charge >= 0.3 is 0 Å². The summed E-state index contributed by atoms with van der Waals surface area (Å²) in [5.41, 5.74) is 0.650. The second-order valence-corrected chi connectivity index (χ2v) is 6.07. The molecule has 2 rings (SSSR count). The summed E-state index contributed by atoms with van der Waals surface area (Å²) in [6.07, 6.45) is 2.49. The van der Waals surface area contributed by atoms with Crippen molar-refractivity contribution >= 4 is 16.8 Å². The molecule has 0 atom stereocenters. The topological polar surface area (TPSA) is 69.6 Å². The fourth-order valence-electron chi connectivity index (χ4n) is 2.62. The van der Waals surface area contributed by atoms with E-state index in [9.17, 15) is 9.59 Å². The molecular formula is C19H26N2O4. The van der Waals surface area contributed by atoms with Gasteiger partial charge in [0.15, 0.2) is 0 Å². The molecule has 1 heterocycles. The van der Waals surface area contributed by atoms with Crippen LogP contribution in [-0.2, 0) is 11.3 Å². The van der Waals surface area contributed by atoms with Gasteiger partial charge in [0.1, 0.15) is 11.3 Å². The van der Waals surface area contributed by atoms with Crippen molar-refractivity contribution in [3.05, 3.63) is 40.2 Å². The number of ether oxygens (including phenoxy) is 2. The quantitative estimate of drug-likeness (QED) is 0.746. The number of methoxy groups -OCH3 is 1. The fraction of sp³-hybridized carbons (Fsp3) is 0.474. The number of rotatable bonds is 8. The van der Waals surface area contributed by atoms with Crippen molar-refractivity contribution in [2.45, 2.75) is 39.8 Å². The Morgan fingerprint density at radius 3 is 2.72 bits per heavy atom. The molecule has 1 aromatic carbocycles. The highest BCUT2D eigenvalue weighted by atomic mass is 16.5. The van der Waals surface area contributed by atoms with E-state index in [0.717, 1.165) is 5.52 Å². The van der Waals surface area contributed by atoms with Crippen LogP contribution in [0.25, 0.3) is 10.9 Å². The normalized spacial score (nSPS) is 11.1. The largest absolute Gasteiger partial charge is 0.497 e. The van der Waals surface area contributed by atoms with Crippen molar-refractivity contribution in [2.75, 3.05) is 20.3 Å². The predicted molar refractivity (Wildman–Crippen MR) is 98.5 cm³/mol. The van der Waals surface area contributed by atoms with Gasteiger partial charge < -0.3 is 19.4 Å². The number of aryl methyl sites for hydroxylation is 1.